The normalized spacial score (nSPS) is 15.6. The summed E-state index contributed by atoms with van der Waals surface area (Å²) in [4.78, 5) is 9.56. The molecule has 1 atom stereocenters. The highest BCUT2D eigenvalue weighted by Gasteiger charge is 2.17. The van der Waals surface area contributed by atoms with E-state index in [1.165, 1.54) is 11.1 Å². The van der Waals surface area contributed by atoms with Gasteiger partial charge in [-0.2, -0.15) is 0 Å². The zero-order chi connectivity index (χ0) is 16.1. The van der Waals surface area contributed by atoms with Crippen LogP contribution in [0.25, 0.3) is 0 Å². The Morgan fingerprint density at radius 3 is 2.74 bits per heavy atom. The second-order valence-electron chi connectivity index (χ2n) is 6.05. The first kappa shape index (κ1) is 15.9. The van der Waals surface area contributed by atoms with Crippen molar-refractivity contribution in [3.8, 4) is 0 Å². The second-order valence-corrected chi connectivity index (χ2v) is 6.05. The summed E-state index contributed by atoms with van der Waals surface area (Å²) in [5.74, 6) is 1.72. The molecule has 3 rings (SSSR count). The molecule has 5 nitrogen and oxygen atoms in total. The lowest BCUT2D eigenvalue weighted by Gasteiger charge is -2.18. The minimum Gasteiger partial charge on any atom is -0.394 e. The highest BCUT2D eigenvalue weighted by atomic mass is 16.3. The smallest absolute Gasteiger partial charge is 0.135 e. The Morgan fingerprint density at radius 2 is 1.96 bits per heavy atom. The third kappa shape index (κ3) is 4.06. The second kappa shape index (κ2) is 7.53. The molecule has 1 aliphatic rings. The zero-order valence-corrected chi connectivity index (χ0v) is 13.5. The van der Waals surface area contributed by atoms with E-state index in [1.54, 1.807) is 0 Å². The number of aromatic nitrogens is 2. The molecular weight excluding hydrogens is 288 g/mol. The van der Waals surface area contributed by atoms with Crippen molar-refractivity contribution in [3.05, 3.63) is 53.0 Å². The first-order valence-electron chi connectivity index (χ1n) is 8.27. The number of anilines is 1. The molecule has 0 amide bonds. The van der Waals surface area contributed by atoms with Gasteiger partial charge in [-0.05, 0) is 25.5 Å². The van der Waals surface area contributed by atoms with Crippen molar-refractivity contribution in [2.24, 2.45) is 0 Å². The Morgan fingerprint density at radius 1 is 1.17 bits per heavy atom. The fourth-order valence-electron chi connectivity index (χ4n) is 2.85. The Hall–Kier alpha value is -1.98. The molecule has 122 valence electrons. The van der Waals surface area contributed by atoms with Crippen LogP contribution in [0.5, 0.6) is 0 Å². The van der Waals surface area contributed by atoms with Crippen LogP contribution < -0.4 is 10.6 Å². The van der Waals surface area contributed by atoms with E-state index >= 15 is 0 Å². The molecule has 2 aromatic rings. The Balaban J connectivity index is 1.93. The molecule has 0 aliphatic carbocycles. The largest absolute Gasteiger partial charge is 0.394 e. The average molecular weight is 312 g/mol. The van der Waals surface area contributed by atoms with Gasteiger partial charge in [0, 0.05) is 31.0 Å². The van der Waals surface area contributed by atoms with E-state index in [0.29, 0.717) is 0 Å². The lowest BCUT2D eigenvalue weighted by Crippen LogP contribution is -2.23. The number of hydrogen-bond donors (Lipinski definition) is 3. The van der Waals surface area contributed by atoms with E-state index in [-0.39, 0.29) is 12.6 Å². The van der Waals surface area contributed by atoms with Crippen molar-refractivity contribution < 1.29 is 5.11 Å². The van der Waals surface area contributed by atoms with Gasteiger partial charge in [0.1, 0.15) is 11.6 Å². The van der Waals surface area contributed by atoms with Gasteiger partial charge in [0.25, 0.3) is 0 Å². The SMILES string of the molecule is CC(CO)Nc1nc(Cc2ccccc2)nc2c1CCNCC2. The van der Waals surface area contributed by atoms with Crippen molar-refractivity contribution in [2.45, 2.75) is 32.2 Å². The standard InChI is InChI=1S/C18H24N4O/c1-13(12-23)20-18-15-7-9-19-10-8-16(15)21-17(22-18)11-14-5-3-2-4-6-14/h2-6,13,19,23H,7-12H2,1H3,(H,20,21,22). The number of aliphatic hydroxyl groups excluding tert-OH is 1. The molecule has 0 radical (unpaired) electrons. The van der Waals surface area contributed by atoms with Crippen molar-refractivity contribution in [1.82, 2.24) is 15.3 Å². The summed E-state index contributed by atoms with van der Waals surface area (Å²) in [6.45, 7) is 3.94. The first-order chi connectivity index (χ1) is 11.3. The van der Waals surface area contributed by atoms with Gasteiger partial charge in [0.05, 0.1) is 12.3 Å². The van der Waals surface area contributed by atoms with Crippen LogP contribution in [-0.2, 0) is 19.3 Å². The van der Waals surface area contributed by atoms with E-state index in [9.17, 15) is 5.11 Å². The van der Waals surface area contributed by atoms with Crippen molar-refractivity contribution in [2.75, 3.05) is 25.0 Å². The van der Waals surface area contributed by atoms with Gasteiger partial charge in [-0.25, -0.2) is 9.97 Å². The van der Waals surface area contributed by atoms with E-state index < -0.39 is 0 Å². The zero-order valence-electron chi connectivity index (χ0n) is 13.5. The lowest BCUT2D eigenvalue weighted by atomic mass is 10.1. The molecule has 5 heteroatoms. The summed E-state index contributed by atoms with van der Waals surface area (Å²) >= 11 is 0. The molecule has 0 spiro atoms. The number of nitrogens with zero attached hydrogens (tertiary/aromatic N) is 2. The third-order valence-electron chi connectivity index (χ3n) is 4.09. The maximum absolute atomic E-state index is 9.34. The minimum absolute atomic E-state index is 0.0187. The summed E-state index contributed by atoms with van der Waals surface area (Å²) in [5.41, 5.74) is 3.52. The third-order valence-corrected chi connectivity index (χ3v) is 4.09. The molecule has 0 fully saturated rings. The van der Waals surface area contributed by atoms with Crippen LogP contribution in [0.2, 0.25) is 0 Å². The quantitative estimate of drug-likeness (QED) is 0.781. The number of rotatable bonds is 5. The van der Waals surface area contributed by atoms with Crippen LogP contribution in [0, 0.1) is 0 Å². The molecule has 1 unspecified atom stereocenters. The molecule has 1 aromatic carbocycles. The molecule has 3 N–H and O–H groups in total. The minimum atomic E-state index is -0.0187. The summed E-state index contributed by atoms with van der Waals surface area (Å²) in [6, 6.07) is 10.3. The van der Waals surface area contributed by atoms with E-state index in [0.717, 1.165) is 49.7 Å². The van der Waals surface area contributed by atoms with Gasteiger partial charge in [0.2, 0.25) is 0 Å². The van der Waals surface area contributed by atoms with E-state index in [1.807, 2.05) is 25.1 Å². The first-order valence-corrected chi connectivity index (χ1v) is 8.27. The molecule has 23 heavy (non-hydrogen) atoms. The molecular formula is C18H24N4O. The van der Waals surface area contributed by atoms with Crippen molar-refractivity contribution >= 4 is 5.82 Å². The number of aliphatic hydroxyl groups is 1. The fourth-order valence-corrected chi connectivity index (χ4v) is 2.85. The molecule has 0 bridgehead atoms. The van der Waals surface area contributed by atoms with E-state index in [4.69, 9.17) is 9.97 Å². The number of hydrogen-bond acceptors (Lipinski definition) is 5. The molecule has 2 heterocycles. The van der Waals surface area contributed by atoms with Crippen LogP contribution in [0.15, 0.2) is 30.3 Å². The average Bonchev–Trinajstić information content (AvgIpc) is 2.81. The highest BCUT2D eigenvalue weighted by Crippen LogP contribution is 2.21. The predicted molar refractivity (Wildman–Crippen MR) is 91.7 cm³/mol. The summed E-state index contributed by atoms with van der Waals surface area (Å²) in [6.07, 6.45) is 2.56. The number of benzene rings is 1. The maximum atomic E-state index is 9.34. The van der Waals surface area contributed by atoms with Crippen LogP contribution in [0.1, 0.15) is 29.6 Å². The fraction of sp³-hybridized carbons (Fsp3) is 0.444. The summed E-state index contributed by atoms with van der Waals surface area (Å²) < 4.78 is 0. The van der Waals surface area contributed by atoms with Crippen LogP contribution in [-0.4, -0.2) is 40.8 Å². The number of nitrogens with one attached hydrogen (secondary N) is 2. The molecule has 0 saturated carbocycles. The predicted octanol–water partition coefficient (Wildman–Crippen LogP) is 1.55. The summed E-state index contributed by atoms with van der Waals surface area (Å²) in [7, 11) is 0. The lowest BCUT2D eigenvalue weighted by molar-refractivity contribution is 0.281. The molecule has 1 aromatic heterocycles. The molecule has 0 saturated heterocycles. The molecule has 1 aliphatic heterocycles. The Bertz CT molecular complexity index is 645. The number of fused-ring (bicyclic) bond motifs is 1. The van der Waals surface area contributed by atoms with Crippen LogP contribution >= 0.6 is 0 Å². The Labute approximate surface area is 137 Å². The van der Waals surface area contributed by atoms with Gasteiger partial charge in [0.15, 0.2) is 0 Å². The van der Waals surface area contributed by atoms with Crippen molar-refractivity contribution in [1.29, 1.82) is 0 Å². The van der Waals surface area contributed by atoms with Gasteiger partial charge in [-0.1, -0.05) is 30.3 Å². The van der Waals surface area contributed by atoms with Crippen LogP contribution in [0.4, 0.5) is 5.82 Å². The van der Waals surface area contributed by atoms with Crippen LogP contribution in [0.3, 0.4) is 0 Å². The van der Waals surface area contributed by atoms with Gasteiger partial charge >= 0.3 is 0 Å². The maximum Gasteiger partial charge on any atom is 0.135 e. The van der Waals surface area contributed by atoms with Crippen molar-refractivity contribution in [3.63, 3.8) is 0 Å². The highest BCUT2D eigenvalue weighted by molar-refractivity contribution is 5.48. The van der Waals surface area contributed by atoms with Gasteiger partial charge in [-0.3, -0.25) is 0 Å². The topological polar surface area (TPSA) is 70.1 Å². The van der Waals surface area contributed by atoms with E-state index in [2.05, 4.69) is 22.8 Å². The van der Waals surface area contributed by atoms with Gasteiger partial charge < -0.3 is 15.7 Å². The summed E-state index contributed by atoms with van der Waals surface area (Å²) in [5, 5.41) is 16.1. The Kier molecular flexibility index (Phi) is 5.20. The monoisotopic (exact) mass is 312 g/mol. The van der Waals surface area contributed by atoms with Gasteiger partial charge in [-0.15, -0.1) is 0 Å².